The average Bonchev–Trinajstić information content (AvgIpc) is 3.27. The van der Waals surface area contributed by atoms with Crippen molar-refractivity contribution in [2.45, 2.75) is 141 Å². The molecule has 0 radical (unpaired) electrons. The van der Waals surface area contributed by atoms with Crippen LogP contribution in [-0.4, -0.2) is 47.9 Å². The number of rotatable bonds is 2. The van der Waals surface area contributed by atoms with E-state index < -0.39 is 47.9 Å². The molecule has 220 valence electrons. The Morgan fingerprint density at radius 3 is 1.41 bits per heavy atom. The topological polar surface area (TPSA) is 83.1 Å². The Labute approximate surface area is 231 Å². The highest BCUT2D eigenvalue weighted by atomic mass is 17.3. The lowest BCUT2D eigenvalue weighted by Gasteiger charge is -2.62. The Hall–Kier alpha value is -0.360. The molecule has 10 aliphatic rings. The second kappa shape index (κ2) is 8.60. The Bertz CT molecular complexity index is 919. The SMILES string of the molecule is C[C@H]1[C@@H](O[C@H]2O[C@@H]3O[C@@]4(C)CC[C@H]5[C@H](C)CC[C@@H]([C@H]2C)[C@@]35OO4)O[C@@H]2O[C@@]3(C)CC[C@H]4[C@H](C)CC[C@@H]1[C@@]24OO3. The van der Waals surface area contributed by atoms with E-state index in [1.54, 1.807) is 0 Å². The number of ether oxygens (including phenoxy) is 5. The molecule has 2 aliphatic carbocycles. The monoisotopic (exact) mass is 550 g/mol. The van der Waals surface area contributed by atoms with Crippen LogP contribution in [0.1, 0.15) is 92.9 Å². The van der Waals surface area contributed by atoms with E-state index in [0.717, 1.165) is 51.4 Å². The molecule has 10 rings (SSSR count). The maximum atomic E-state index is 6.85. The van der Waals surface area contributed by atoms with Gasteiger partial charge in [0.2, 0.25) is 11.6 Å². The van der Waals surface area contributed by atoms with Crippen LogP contribution >= 0.6 is 0 Å². The zero-order valence-corrected chi connectivity index (χ0v) is 24.3. The molecule has 16 atom stereocenters. The van der Waals surface area contributed by atoms with Crippen LogP contribution in [0.25, 0.3) is 0 Å². The summed E-state index contributed by atoms with van der Waals surface area (Å²) in [6, 6.07) is 0. The fourth-order valence-corrected chi connectivity index (χ4v) is 10.2. The van der Waals surface area contributed by atoms with E-state index >= 15 is 0 Å². The third kappa shape index (κ3) is 3.45. The molecule has 4 bridgehead atoms. The van der Waals surface area contributed by atoms with Crippen molar-refractivity contribution < 1.29 is 43.2 Å². The molecule has 2 spiro atoms. The van der Waals surface area contributed by atoms with Gasteiger partial charge in [0, 0.05) is 36.5 Å². The minimum absolute atomic E-state index is 0.0836. The Balaban J connectivity index is 1.09. The van der Waals surface area contributed by atoms with E-state index in [-0.39, 0.29) is 23.7 Å². The first-order valence-electron chi connectivity index (χ1n) is 15.6. The normalized spacial score (nSPS) is 63.5. The van der Waals surface area contributed by atoms with Crippen LogP contribution in [0.5, 0.6) is 0 Å². The first kappa shape index (κ1) is 26.3. The summed E-state index contributed by atoms with van der Waals surface area (Å²) < 4.78 is 33.4. The van der Waals surface area contributed by atoms with Gasteiger partial charge in [0.1, 0.15) is 0 Å². The van der Waals surface area contributed by atoms with Gasteiger partial charge in [-0.2, -0.15) is 0 Å². The molecule has 0 aromatic carbocycles. The van der Waals surface area contributed by atoms with Gasteiger partial charge in [-0.3, -0.25) is 0 Å². The summed E-state index contributed by atoms with van der Waals surface area (Å²) in [5.74, 6) is 0.661. The molecular weight excluding hydrogens is 504 g/mol. The Morgan fingerprint density at radius 1 is 0.538 bits per heavy atom. The third-order valence-corrected chi connectivity index (χ3v) is 12.5. The van der Waals surface area contributed by atoms with E-state index in [0.29, 0.717) is 23.7 Å². The first-order chi connectivity index (χ1) is 18.6. The minimum Gasteiger partial charge on any atom is -0.323 e. The average molecular weight is 551 g/mol. The summed E-state index contributed by atoms with van der Waals surface area (Å²) >= 11 is 0. The molecule has 9 nitrogen and oxygen atoms in total. The van der Waals surface area contributed by atoms with Gasteiger partial charge >= 0.3 is 0 Å². The summed E-state index contributed by atoms with van der Waals surface area (Å²) in [5, 5.41) is 0. The van der Waals surface area contributed by atoms with Crippen LogP contribution < -0.4 is 0 Å². The van der Waals surface area contributed by atoms with Gasteiger partial charge in [0.25, 0.3) is 0 Å². The summed E-state index contributed by atoms with van der Waals surface area (Å²) in [6.45, 7) is 13.0. The third-order valence-electron chi connectivity index (χ3n) is 12.5. The molecule has 39 heavy (non-hydrogen) atoms. The Morgan fingerprint density at radius 2 is 0.974 bits per heavy atom. The van der Waals surface area contributed by atoms with Gasteiger partial charge in [-0.15, -0.1) is 0 Å². The standard InChI is InChI=1S/C30H46O9/c1-15-7-9-21-17(3)23(32-25-29(21)19(15)11-13-27(5,34-25)36-38-29)31-24-18(4)22-10-8-16(2)20-12-14-28(6)35-26(33-24)30(20,22)39-37-28/h15-26H,7-14H2,1-6H3/t15-,16-,17-,18-,19+,20+,21+,22+,23+,24+,25-,26-,27-,28-,29-,30-/m1/s1. The zero-order chi connectivity index (χ0) is 26.9. The van der Waals surface area contributed by atoms with E-state index in [2.05, 4.69) is 27.7 Å². The highest BCUT2D eigenvalue weighted by Gasteiger charge is 2.72. The first-order valence-corrected chi connectivity index (χ1v) is 15.6. The summed E-state index contributed by atoms with van der Waals surface area (Å²) in [4.78, 5) is 24.6. The van der Waals surface area contributed by atoms with Crippen molar-refractivity contribution in [3.63, 3.8) is 0 Å². The lowest BCUT2D eigenvalue weighted by molar-refractivity contribution is -0.590. The van der Waals surface area contributed by atoms with Gasteiger partial charge in [0.15, 0.2) is 36.4 Å². The number of hydrogen-bond acceptors (Lipinski definition) is 9. The van der Waals surface area contributed by atoms with Crippen LogP contribution in [0.4, 0.5) is 0 Å². The molecular formula is C30H46O9. The van der Waals surface area contributed by atoms with Crippen LogP contribution in [-0.2, 0) is 43.2 Å². The minimum atomic E-state index is -0.808. The number of fused-ring (bicyclic) bond motifs is 4. The highest BCUT2D eigenvalue weighted by Crippen LogP contribution is 2.63. The van der Waals surface area contributed by atoms with E-state index in [1.165, 1.54) is 0 Å². The van der Waals surface area contributed by atoms with Crippen molar-refractivity contribution in [3.8, 4) is 0 Å². The van der Waals surface area contributed by atoms with E-state index in [4.69, 9.17) is 43.2 Å². The summed E-state index contributed by atoms with van der Waals surface area (Å²) in [6.07, 6.45) is 5.95. The smallest absolute Gasteiger partial charge is 0.201 e. The molecule has 10 fully saturated rings. The van der Waals surface area contributed by atoms with Crippen molar-refractivity contribution in [1.82, 2.24) is 0 Å². The van der Waals surface area contributed by atoms with Crippen LogP contribution in [0.15, 0.2) is 0 Å². The summed E-state index contributed by atoms with van der Waals surface area (Å²) in [5.41, 5.74) is -1.21. The van der Waals surface area contributed by atoms with Crippen molar-refractivity contribution in [3.05, 3.63) is 0 Å². The van der Waals surface area contributed by atoms with Crippen molar-refractivity contribution in [2.24, 2.45) is 47.3 Å². The maximum absolute atomic E-state index is 6.85. The fraction of sp³-hybridized carbons (Fsp3) is 1.00. The molecule has 9 heteroatoms. The predicted molar refractivity (Wildman–Crippen MR) is 135 cm³/mol. The molecule has 0 unspecified atom stereocenters. The maximum Gasteiger partial charge on any atom is 0.201 e. The molecule has 8 saturated heterocycles. The lowest BCUT2D eigenvalue weighted by Crippen LogP contribution is -2.72. The quantitative estimate of drug-likeness (QED) is 0.419. The molecule has 0 aromatic rings. The van der Waals surface area contributed by atoms with Crippen LogP contribution in [0, 0.1) is 47.3 Å². The van der Waals surface area contributed by atoms with Crippen molar-refractivity contribution in [1.29, 1.82) is 0 Å². The van der Waals surface area contributed by atoms with Gasteiger partial charge < -0.3 is 23.7 Å². The molecule has 8 aliphatic heterocycles. The zero-order valence-electron chi connectivity index (χ0n) is 24.3. The molecule has 2 saturated carbocycles. The summed E-state index contributed by atoms with van der Waals surface area (Å²) in [7, 11) is 0. The van der Waals surface area contributed by atoms with Gasteiger partial charge in [-0.1, -0.05) is 27.7 Å². The fourth-order valence-electron chi connectivity index (χ4n) is 10.2. The van der Waals surface area contributed by atoms with Crippen LogP contribution in [0.2, 0.25) is 0 Å². The predicted octanol–water partition coefficient (Wildman–Crippen LogP) is 5.42. The largest absolute Gasteiger partial charge is 0.323 e. The second-order valence-corrected chi connectivity index (χ2v) is 14.7. The number of hydrogen-bond donors (Lipinski definition) is 0. The van der Waals surface area contributed by atoms with E-state index in [9.17, 15) is 0 Å². The van der Waals surface area contributed by atoms with Crippen molar-refractivity contribution >= 4 is 0 Å². The van der Waals surface area contributed by atoms with Gasteiger partial charge in [-0.05, 0) is 76.0 Å². The molecule has 0 aromatic heterocycles. The van der Waals surface area contributed by atoms with Crippen LogP contribution in [0.3, 0.4) is 0 Å². The Kier molecular flexibility index (Phi) is 5.80. The highest BCUT2D eigenvalue weighted by molar-refractivity contribution is 5.11. The van der Waals surface area contributed by atoms with Crippen molar-refractivity contribution in [2.75, 3.05) is 0 Å². The van der Waals surface area contributed by atoms with Gasteiger partial charge in [0.05, 0.1) is 0 Å². The van der Waals surface area contributed by atoms with E-state index in [1.807, 2.05) is 13.8 Å². The second-order valence-electron chi connectivity index (χ2n) is 14.7. The van der Waals surface area contributed by atoms with Gasteiger partial charge in [-0.25, -0.2) is 19.6 Å². The molecule has 0 N–H and O–H groups in total. The molecule has 0 amide bonds. The lowest BCUT2D eigenvalue weighted by atomic mass is 9.58. The molecule has 8 heterocycles.